The Morgan fingerprint density at radius 3 is 1.35 bits per heavy atom. The van der Waals surface area contributed by atoms with Crippen molar-refractivity contribution in [2.24, 2.45) is 42.1 Å². The Hall–Kier alpha value is -3.99. The SMILES string of the molecule is NN(CC(N=O)C(N=O)C(CN=O)N=O)C(COCCC(=O)N=O)(COCCC(=O)N=O)COCCC(=O)N=O. The molecule has 0 bridgehead atoms. The zero-order valence-electron chi connectivity index (χ0n) is 21.0. The molecule has 0 radical (unpaired) electrons. The molecule has 40 heavy (non-hydrogen) atoms. The molecule has 0 aromatic heterocycles. The molecule has 0 rings (SSSR count). The molecule has 3 unspecified atom stereocenters. The minimum absolute atomic E-state index is 0.364. The fourth-order valence-corrected chi connectivity index (χ4v) is 3.05. The first-order valence-corrected chi connectivity index (χ1v) is 11.3. The first kappa shape index (κ1) is 36.0. The Kier molecular flexibility index (Phi) is 18.8. The minimum atomic E-state index is -1.77. The summed E-state index contributed by atoms with van der Waals surface area (Å²) in [5.41, 5.74) is -1.68. The Labute approximate surface area is 224 Å². The van der Waals surface area contributed by atoms with E-state index in [4.69, 9.17) is 20.1 Å². The van der Waals surface area contributed by atoms with E-state index in [-0.39, 0.29) is 19.8 Å². The molecule has 0 saturated carbocycles. The second kappa shape index (κ2) is 20.9. The predicted molar refractivity (Wildman–Crippen MR) is 132 cm³/mol. The Morgan fingerprint density at radius 1 is 0.650 bits per heavy atom. The molecule has 222 valence electrons. The quantitative estimate of drug-likeness (QED) is 0.0654. The molecule has 0 heterocycles. The number of rotatable bonds is 25. The van der Waals surface area contributed by atoms with E-state index in [0.29, 0.717) is 0 Å². The summed E-state index contributed by atoms with van der Waals surface area (Å²) in [6.07, 6.45) is -1.32. The highest BCUT2D eigenvalue weighted by molar-refractivity contribution is 5.77. The maximum Gasteiger partial charge on any atom is 0.288 e. The molecule has 0 aromatic rings. The lowest BCUT2D eigenvalue weighted by Crippen LogP contribution is -2.64. The normalized spacial score (nSPS) is 13.4. The molecule has 3 atom stereocenters. The molecule has 0 aliphatic carbocycles. The van der Waals surface area contributed by atoms with Gasteiger partial charge in [0.1, 0.15) is 30.2 Å². The molecule has 0 aliphatic rings. The fourth-order valence-electron chi connectivity index (χ4n) is 3.05. The second-order valence-corrected chi connectivity index (χ2v) is 7.99. The highest BCUT2D eigenvalue weighted by Gasteiger charge is 2.42. The van der Waals surface area contributed by atoms with Gasteiger partial charge in [0.2, 0.25) is 0 Å². The number of carbonyl (C=O) groups excluding carboxylic acids is 3. The molecular formula is C18H27N9O13. The average molecular weight is 577 g/mol. The van der Waals surface area contributed by atoms with E-state index in [1.54, 1.807) is 0 Å². The minimum Gasteiger partial charge on any atom is -0.379 e. The lowest BCUT2D eigenvalue weighted by molar-refractivity contribution is -0.124. The summed E-state index contributed by atoms with van der Waals surface area (Å²) in [6.45, 7) is -4.04. The molecule has 22 heteroatoms. The number of carbonyl (C=O) groups is 3. The summed E-state index contributed by atoms with van der Waals surface area (Å²) < 4.78 is 16.2. The topological polar surface area (TPSA) is 314 Å². The van der Waals surface area contributed by atoms with Crippen LogP contribution in [0.2, 0.25) is 0 Å². The second-order valence-electron chi connectivity index (χ2n) is 7.99. The molecular weight excluding hydrogens is 550 g/mol. The van der Waals surface area contributed by atoms with Crippen molar-refractivity contribution in [2.75, 3.05) is 52.7 Å². The molecule has 0 aliphatic heterocycles. The number of nitroso groups, excluding NO2 is 7. The van der Waals surface area contributed by atoms with Crippen LogP contribution in [0.3, 0.4) is 0 Å². The number of nitrogens with zero attached hydrogens (tertiary/aromatic N) is 8. The monoisotopic (exact) mass is 577 g/mol. The standard InChI is InChI=1S/C18H27N9O13/c19-27(8-13(22-33)17(26-37)12(21-32)7-20-31)18(9-38-4-1-14(28)23-34,10-39-5-2-15(29)24-35)11-40-6-3-16(30)25-36/h12-13,17H,1-11,19H2. The van der Waals surface area contributed by atoms with Crippen LogP contribution in [0.5, 0.6) is 0 Å². The molecule has 0 fully saturated rings. The third kappa shape index (κ3) is 13.2. The van der Waals surface area contributed by atoms with Crippen LogP contribution in [0, 0.1) is 34.3 Å². The van der Waals surface area contributed by atoms with E-state index >= 15 is 0 Å². The zero-order chi connectivity index (χ0) is 30.4. The maximum atomic E-state index is 11.6. The van der Waals surface area contributed by atoms with Gasteiger partial charge in [-0.15, -0.1) is 14.7 Å². The summed E-state index contributed by atoms with van der Waals surface area (Å²) in [5, 5.41) is 17.9. The van der Waals surface area contributed by atoms with Crippen molar-refractivity contribution in [2.45, 2.75) is 42.9 Å². The first-order chi connectivity index (χ1) is 19.2. The van der Waals surface area contributed by atoms with E-state index in [0.717, 1.165) is 5.01 Å². The van der Waals surface area contributed by atoms with Crippen molar-refractivity contribution in [3.63, 3.8) is 0 Å². The lowest BCUT2D eigenvalue weighted by atomic mass is 9.97. The van der Waals surface area contributed by atoms with Gasteiger partial charge in [-0.3, -0.25) is 20.2 Å². The number of ether oxygens (including phenoxy) is 3. The van der Waals surface area contributed by atoms with Gasteiger partial charge < -0.3 is 14.2 Å². The van der Waals surface area contributed by atoms with Crippen molar-refractivity contribution in [3.8, 4) is 0 Å². The van der Waals surface area contributed by atoms with Crippen molar-refractivity contribution in [1.82, 2.24) is 5.01 Å². The highest BCUT2D eigenvalue weighted by atomic mass is 16.5. The summed E-state index contributed by atoms with van der Waals surface area (Å²) >= 11 is 0. The first-order valence-electron chi connectivity index (χ1n) is 11.3. The van der Waals surface area contributed by atoms with Gasteiger partial charge in [-0.2, -0.15) is 19.6 Å². The van der Waals surface area contributed by atoms with E-state index in [9.17, 15) is 48.7 Å². The van der Waals surface area contributed by atoms with Crippen LogP contribution >= 0.6 is 0 Å². The van der Waals surface area contributed by atoms with Gasteiger partial charge in [0.05, 0.1) is 58.9 Å². The van der Waals surface area contributed by atoms with Gasteiger partial charge in [0, 0.05) is 22.1 Å². The average Bonchev–Trinajstić information content (AvgIpc) is 2.97. The number of amides is 3. The summed E-state index contributed by atoms with van der Waals surface area (Å²) in [5.74, 6) is 3.08. The van der Waals surface area contributed by atoms with Crippen LogP contribution < -0.4 is 5.84 Å². The smallest absolute Gasteiger partial charge is 0.288 e. The van der Waals surface area contributed by atoms with Gasteiger partial charge in [-0.1, -0.05) is 20.7 Å². The molecule has 0 aromatic carbocycles. The number of hydrogen-bond donors (Lipinski definition) is 1. The van der Waals surface area contributed by atoms with Crippen molar-refractivity contribution >= 4 is 17.7 Å². The van der Waals surface area contributed by atoms with Gasteiger partial charge in [-0.25, -0.2) is 5.01 Å². The predicted octanol–water partition coefficient (Wildman–Crippen LogP) is 0.171. The van der Waals surface area contributed by atoms with Crippen LogP contribution in [-0.2, 0) is 28.6 Å². The zero-order valence-corrected chi connectivity index (χ0v) is 21.0. The van der Waals surface area contributed by atoms with Gasteiger partial charge in [0.25, 0.3) is 17.7 Å². The summed E-state index contributed by atoms with van der Waals surface area (Å²) in [7, 11) is 0. The molecule has 2 N–H and O–H groups in total. The van der Waals surface area contributed by atoms with Gasteiger partial charge in [0.15, 0.2) is 0 Å². The highest BCUT2D eigenvalue weighted by Crippen LogP contribution is 2.21. The largest absolute Gasteiger partial charge is 0.379 e. The molecule has 22 nitrogen and oxygen atoms in total. The van der Waals surface area contributed by atoms with Crippen molar-refractivity contribution in [1.29, 1.82) is 0 Å². The molecule has 0 saturated heterocycles. The van der Waals surface area contributed by atoms with Crippen molar-refractivity contribution in [3.05, 3.63) is 34.3 Å². The van der Waals surface area contributed by atoms with Crippen LogP contribution in [0.15, 0.2) is 36.2 Å². The van der Waals surface area contributed by atoms with E-state index in [2.05, 4.69) is 36.2 Å². The maximum absolute atomic E-state index is 11.6. The summed E-state index contributed by atoms with van der Waals surface area (Å²) in [4.78, 5) is 109. The van der Waals surface area contributed by atoms with Crippen LogP contribution in [-0.4, -0.2) is 99.1 Å². The lowest BCUT2D eigenvalue weighted by Gasteiger charge is -2.41. The molecule has 0 spiro atoms. The third-order valence-electron chi connectivity index (χ3n) is 5.23. The number of hydrogen-bond acceptors (Lipinski definition) is 19. The summed E-state index contributed by atoms with van der Waals surface area (Å²) in [6, 6.07) is -5.12. The number of nitrogens with two attached hydrogens (primary N) is 1. The Morgan fingerprint density at radius 2 is 1.05 bits per heavy atom. The van der Waals surface area contributed by atoms with E-state index in [1.807, 2.05) is 0 Å². The molecule has 3 amide bonds. The third-order valence-corrected chi connectivity index (χ3v) is 5.23. The van der Waals surface area contributed by atoms with E-state index in [1.165, 1.54) is 0 Å². The van der Waals surface area contributed by atoms with E-state index < -0.39 is 93.6 Å². The van der Waals surface area contributed by atoms with Crippen LogP contribution in [0.1, 0.15) is 19.3 Å². The van der Waals surface area contributed by atoms with Gasteiger partial charge in [-0.05, 0) is 0 Å². The van der Waals surface area contributed by atoms with Crippen LogP contribution in [0.25, 0.3) is 0 Å². The fraction of sp³-hybridized carbons (Fsp3) is 0.833. The van der Waals surface area contributed by atoms with Gasteiger partial charge >= 0.3 is 0 Å². The van der Waals surface area contributed by atoms with Crippen molar-refractivity contribution < 1.29 is 28.6 Å². The van der Waals surface area contributed by atoms with Crippen LogP contribution in [0.4, 0.5) is 0 Å². The Balaban J connectivity index is 6.09. The number of hydrazine groups is 1. The Bertz CT molecular complexity index is 837.